The van der Waals surface area contributed by atoms with Gasteiger partial charge in [-0.1, -0.05) is 29.8 Å². The molecule has 0 spiro atoms. The Hall–Kier alpha value is -1.71. The molecule has 0 fully saturated rings. The van der Waals surface area contributed by atoms with Crippen molar-refractivity contribution in [2.75, 3.05) is 7.11 Å². The number of halogens is 1. The summed E-state index contributed by atoms with van der Waals surface area (Å²) in [6, 6.07) is 12.9. The van der Waals surface area contributed by atoms with Crippen molar-refractivity contribution in [1.82, 2.24) is 0 Å². The molecule has 0 heterocycles. The van der Waals surface area contributed by atoms with Gasteiger partial charge in [0.15, 0.2) is 11.5 Å². The Morgan fingerprint density at radius 1 is 1.06 bits per heavy atom. The van der Waals surface area contributed by atoms with E-state index in [9.17, 15) is 0 Å². The number of para-hydroxylation sites is 2. The van der Waals surface area contributed by atoms with Gasteiger partial charge in [-0.05, 0) is 29.8 Å². The largest absolute Gasteiger partial charge is 0.493 e. The van der Waals surface area contributed by atoms with E-state index in [2.05, 4.69) is 0 Å². The number of benzene rings is 2. The van der Waals surface area contributed by atoms with Crippen LogP contribution in [0.3, 0.4) is 0 Å². The number of hydrogen-bond acceptors (Lipinski definition) is 3. The normalized spacial score (nSPS) is 10.2. The highest BCUT2D eigenvalue weighted by atomic mass is 35.5. The summed E-state index contributed by atoms with van der Waals surface area (Å²) in [4.78, 5) is 0. The second-order valence-corrected chi connectivity index (χ2v) is 4.13. The molecule has 0 saturated heterocycles. The number of hydrogen-bond donors (Lipinski definition) is 1. The van der Waals surface area contributed by atoms with Crippen LogP contribution in [0, 0.1) is 0 Å². The molecule has 0 aliphatic rings. The number of nitrogens with two attached hydrogens (primary N) is 1. The van der Waals surface area contributed by atoms with Crippen molar-refractivity contribution in [3.8, 4) is 17.2 Å². The molecule has 0 aliphatic carbocycles. The quantitative estimate of drug-likeness (QED) is 0.917. The Bertz CT molecular complexity index is 543. The van der Waals surface area contributed by atoms with E-state index >= 15 is 0 Å². The summed E-state index contributed by atoms with van der Waals surface area (Å²) in [5.74, 6) is 1.87. The van der Waals surface area contributed by atoms with Crippen LogP contribution in [0.4, 0.5) is 0 Å². The fraction of sp³-hybridized carbons (Fsp3) is 0.143. The Balaban J connectivity index is 2.28. The van der Waals surface area contributed by atoms with Gasteiger partial charge in [0, 0.05) is 6.54 Å². The van der Waals surface area contributed by atoms with Crippen molar-refractivity contribution < 1.29 is 9.47 Å². The highest BCUT2D eigenvalue weighted by Gasteiger charge is 2.07. The second-order valence-electron chi connectivity index (χ2n) is 3.72. The van der Waals surface area contributed by atoms with Crippen LogP contribution in [-0.4, -0.2) is 7.11 Å². The van der Waals surface area contributed by atoms with Gasteiger partial charge in [0.05, 0.1) is 12.1 Å². The molecule has 94 valence electrons. The fourth-order valence-corrected chi connectivity index (χ4v) is 1.82. The summed E-state index contributed by atoms with van der Waals surface area (Å²) in [6.45, 7) is 0.453. The molecule has 0 bridgehead atoms. The van der Waals surface area contributed by atoms with E-state index in [-0.39, 0.29) is 0 Å². The number of rotatable bonds is 4. The maximum absolute atomic E-state index is 6.13. The molecule has 0 aliphatic heterocycles. The van der Waals surface area contributed by atoms with Gasteiger partial charge < -0.3 is 15.2 Å². The summed E-state index contributed by atoms with van der Waals surface area (Å²) in [7, 11) is 1.60. The van der Waals surface area contributed by atoms with E-state index in [1.54, 1.807) is 19.2 Å². The Labute approximate surface area is 111 Å². The lowest BCUT2D eigenvalue weighted by Gasteiger charge is -2.11. The first kappa shape index (κ1) is 12.7. The SMILES string of the molecule is COc1ccccc1Oc1ccc(CN)cc1Cl. The molecule has 0 saturated carbocycles. The lowest BCUT2D eigenvalue weighted by molar-refractivity contribution is 0.379. The van der Waals surface area contributed by atoms with Gasteiger partial charge in [0.2, 0.25) is 0 Å². The lowest BCUT2D eigenvalue weighted by Crippen LogP contribution is -1.96. The Morgan fingerprint density at radius 2 is 1.78 bits per heavy atom. The van der Waals surface area contributed by atoms with E-state index in [1.165, 1.54) is 0 Å². The highest BCUT2D eigenvalue weighted by molar-refractivity contribution is 6.32. The zero-order valence-electron chi connectivity index (χ0n) is 10.0. The van der Waals surface area contributed by atoms with Gasteiger partial charge in [-0.3, -0.25) is 0 Å². The standard InChI is InChI=1S/C14H14ClNO2/c1-17-13-4-2-3-5-14(13)18-12-7-6-10(9-16)8-11(12)15/h2-8H,9,16H2,1H3. The molecule has 0 aromatic heterocycles. The van der Waals surface area contributed by atoms with Crippen LogP contribution in [0.25, 0.3) is 0 Å². The predicted molar refractivity (Wildman–Crippen MR) is 72.4 cm³/mol. The summed E-state index contributed by atoms with van der Waals surface area (Å²) in [6.07, 6.45) is 0. The Kier molecular flexibility index (Phi) is 4.07. The van der Waals surface area contributed by atoms with E-state index < -0.39 is 0 Å². The molecule has 4 heteroatoms. The van der Waals surface area contributed by atoms with Gasteiger partial charge in [-0.2, -0.15) is 0 Å². The minimum atomic E-state index is 0.453. The fourth-order valence-electron chi connectivity index (χ4n) is 1.58. The molecule has 18 heavy (non-hydrogen) atoms. The second kappa shape index (κ2) is 5.76. The van der Waals surface area contributed by atoms with Crippen molar-refractivity contribution in [1.29, 1.82) is 0 Å². The predicted octanol–water partition coefficient (Wildman–Crippen LogP) is 3.60. The average Bonchev–Trinajstić information content (AvgIpc) is 2.41. The van der Waals surface area contributed by atoms with Gasteiger partial charge >= 0.3 is 0 Å². The monoisotopic (exact) mass is 263 g/mol. The van der Waals surface area contributed by atoms with Gasteiger partial charge in [-0.15, -0.1) is 0 Å². The van der Waals surface area contributed by atoms with Crippen molar-refractivity contribution in [2.24, 2.45) is 5.73 Å². The molecule has 0 unspecified atom stereocenters. The first-order valence-electron chi connectivity index (χ1n) is 5.54. The minimum Gasteiger partial charge on any atom is -0.493 e. The van der Waals surface area contributed by atoms with Gasteiger partial charge in [0.25, 0.3) is 0 Å². The summed E-state index contributed by atoms with van der Waals surface area (Å²) >= 11 is 6.13. The van der Waals surface area contributed by atoms with Crippen LogP contribution in [-0.2, 0) is 6.54 Å². The Morgan fingerprint density at radius 3 is 2.39 bits per heavy atom. The minimum absolute atomic E-state index is 0.453. The van der Waals surface area contributed by atoms with Crippen LogP contribution in [0.5, 0.6) is 17.2 Å². The molecule has 2 N–H and O–H groups in total. The number of ether oxygens (including phenoxy) is 2. The van der Waals surface area contributed by atoms with Crippen molar-refractivity contribution >= 4 is 11.6 Å². The summed E-state index contributed by atoms with van der Waals surface area (Å²) < 4.78 is 10.9. The van der Waals surface area contributed by atoms with E-state index in [0.717, 1.165) is 5.56 Å². The van der Waals surface area contributed by atoms with Crippen LogP contribution in [0.15, 0.2) is 42.5 Å². The first-order valence-corrected chi connectivity index (χ1v) is 5.91. The van der Waals surface area contributed by atoms with Crippen LogP contribution < -0.4 is 15.2 Å². The third kappa shape index (κ3) is 2.75. The van der Waals surface area contributed by atoms with Gasteiger partial charge in [-0.25, -0.2) is 0 Å². The zero-order chi connectivity index (χ0) is 13.0. The molecule has 0 amide bonds. The number of methoxy groups -OCH3 is 1. The average molecular weight is 264 g/mol. The molecular formula is C14H14ClNO2. The summed E-state index contributed by atoms with van der Waals surface area (Å²) in [5.41, 5.74) is 6.51. The lowest BCUT2D eigenvalue weighted by atomic mass is 10.2. The van der Waals surface area contributed by atoms with E-state index in [4.69, 9.17) is 26.8 Å². The van der Waals surface area contributed by atoms with E-state index in [1.807, 2.05) is 30.3 Å². The smallest absolute Gasteiger partial charge is 0.169 e. The molecule has 0 atom stereocenters. The zero-order valence-corrected chi connectivity index (χ0v) is 10.8. The van der Waals surface area contributed by atoms with Crippen LogP contribution in [0.2, 0.25) is 5.02 Å². The third-order valence-electron chi connectivity index (χ3n) is 2.52. The van der Waals surface area contributed by atoms with Crippen molar-refractivity contribution in [2.45, 2.75) is 6.54 Å². The topological polar surface area (TPSA) is 44.5 Å². The molecule has 2 rings (SSSR count). The molecular weight excluding hydrogens is 250 g/mol. The maximum Gasteiger partial charge on any atom is 0.169 e. The molecule has 2 aromatic rings. The van der Waals surface area contributed by atoms with Gasteiger partial charge in [0.1, 0.15) is 5.75 Å². The molecule has 3 nitrogen and oxygen atoms in total. The highest BCUT2D eigenvalue weighted by Crippen LogP contribution is 2.34. The third-order valence-corrected chi connectivity index (χ3v) is 2.82. The molecule has 2 aromatic carbocycles. The van der Waals surface area contributed by atoms with Crippen molar-refractivity contribution in [3.05, 3.63) is 53.1 Å². The first-order chi connectivity index (χ1) is 8.74. The van der Waals surface area contributed by atoms with E-state index in [0.29, 0.717) is 28.8 Å². The maximum atomic E-state index is 6.13. The summed E-state index contributed by atoms with van der Waals surface area (Å²) in [5, 5.41) is 0.531. The van der Waals surface area contributed by atoms with Crippen molar-refractivity contribution in [3.63, 3.8) is 0 Å². The van der Waals surface area contributed by atoms with Crippen LogP contribution >= 0.6 is 11.6 Å². The van der Waals surface area contributed by atoms with Crippen LogP contribution in [0.1, 0.15) is 5.56 Å². The molecule has 0 radical (unpaired) electrons.